The Bertz CT molecular complexity index is 439. The van der Waals surface area contributed by atoms with Gasteiger partial charge in [-0.15, -0.1) is 0 Å². The second-order valence-corrected chi connectivity index (χ2v) is 4.08. The normalized spacial score (nSPS) is 12.6. The van der Waals surface area contributed by atoms with Crippen molar-refractivity contribution in [1.82, 2.24) is 9.78 Å². The van der Waals surface area contributed by atoms with Crippen molar-refractivity contribution in [1.29, 1.82) is 0 Å². The highest BCUT2D eigenvalue weighted by atomic mass is 35.5. The predicted octanol–water partition coefficient (Wildman–Crippen LogP) is 2.47. The smallest absolute Gasteiger partial charge is 0.0785 e. The number of halogens is 1. The lowest BCUT2D eigenvalue weighted by Crippen LogP contribution is -2.15. The third-order valence-electron chi connectivity index (χ3n) is 2.51. The highest BCUT2D eigenvalue weighted by Gasteiger charge is 2.13. The maximum Gasteiger partial charge on any atom is 0.0785 e. The Kier molecular flexibility index (Phi) is 3.59. The maximum atomic E-state index is 5.88. The summed E-state index contributed by atoms with van der Waals surface area (Å²) in [5.41, 5.74) is 6.84. The van der Waals surface area contributed by atoms with Crippen LogP contribution in [-0.4, -0.2) is 16.3 Å². The van der Waals surface area contributed by atoms with E-state index in [4.69, 9.17) is 17.3 Å². The van der Waals surface area contributed by atoms with E-state index in [0.717, 1.165) is 6.42 Å². The first-order chi connectivity index (χ1) is 7.81. The fourth-order valence-electron chi connectivity index (χ4n) is 1.77. The Labute approximate surface area is 99.8 Å². The average molecular weight is 236 g/mol. The van der Waals surface area contributed by atoms with E-state index in [0.29, 0.717) is 11.6 Å². The van der Waals surface area contributed by atoms with Gasteiger partial charge >= 0.3 is 0 Å². The van der Waals surface area contributed by atoms with E-state index in [-0.39, 0.29) is 6.04 Å². The molecule has 2 aromatic rings. The number of hydrogen-bond acceptors (Lipinski definition) is 2. The van der Waals surface area contributed by atoms with E-state index >= 15 is 0 Å². The summed E-state index contributed by atoms with van der Waals surface area (Å²) in [5, 5.41) is 4.89. The number of nitrogens with zero attached hydrogens (tertiary/aromatic N) is 2. The van der Waals surface area contributed by atoms with Gasteiger partial charge in [-0.05, 0) is 18.5 Å². The summed E-state index contributed by atoms with van der Waals surface area (Å²) in [6, 6.07) is 10.4. The van der Waals surface area contributed by atoms with Crippen LogP contribution in [0.3, 0.4) is 0 Å². The molecule has 1 aromatic carbocycles. The second kappa shape index (κ2) is 5.14. The van der Waals surface area contributed by atoms with Crippen LogP contribution in [-0.2, 0) is 0 Å². The Morgan fingerprint density at radius 3 is 2.62 bits per heavy atom. The molecule has 0 amide bonds. The van der Waals surface area contributed by atoms with Crippen molar-refractivity contribution in [2.24, 2.45) is 5.73 Å². The zero-order valence-electron chi connectivity index (χ0n) is 8.88. The Morgan fingerprint density at radius 2 is 2.06 bits per heavy atom. The summed E-state index contributed by atoms with van der Waals surface area (Å²) in [6.45, 7) is 0.622. The molecule has 0 aliphatic rings. The maximum absolute atomic E-state index is 5.88. The van der Waals surface area contributed by atoms with Crippen molar-refractivity contribution in [3.05, 3.63) is 53.3 Å². The van der Waals surface area contributed by atoms with Gasteiger partial charge in [-0.3, -0.25) is 4.68 Å². The van der Waals surface area contributed by atoms with Gasteiger partial charge in [0.05, 0.1) is 17.3 Å². The molecule has 0 aliphatic carbocycles. The van der Waals surface area contributed by atoms with Gasteiger partial charge in [-0.1, -0.05) is 41.9 Å². The van der Waals surface area contributed by atoms with Gasteiger partial charge in [0.25, 0.3) is 0 Å². The van der Waals surface area contributed by atoms with Crippen LogP contribution in [0.4, 0.5) is 0 Å². The van der Waals surface area contributed by atoms with Crippen LogP contribution in [0, 0.1) is 0 Å². The molecule has 0 spiro atoms. The molecule has 0 radical (unpaired) electrons. The molecule has 1 atom stereocenters. The van der Waals surface area contributed by atoms with Crippen LogP contribution < -0.4 is 5.73 Å². The quantitative estimate of drug-likeness (QED) is 0.885. The SMILES string of the molecule is NCCC(c1ccccc1)n1cc(Cl)cn1. The van der Waals surface area contributed by atoms with Crippen molar-refractivity contribution in [2.45, 2.75) is 12.5 Å². The topological polar surface area (TPSA) is 43.8 Å². The number of benzene rings is 1. The molecule has 3 nitrogen and oxygen atoms in total. The first kappa shape index (κ1) is 11.2. The van der Waals surface area contributed by atoms with Gasteiger partial charge in [0.1, 0.15) is 0 Å². The zero-order chi connectivity index (χ0) is 11.4. The first-order valence-electron chi connectivity index (χ1n) is 5.26. The highest BCUT2D eigenvalue weighted by Crippen LogP contribution is 2.21. The molecule has 16 heavy (non-hydrogen) atoms. The molecule has 2 rings (SSSR count). The largest absolute Gasteiger partial charge is 0.330 e. The average Bonchev–Trinajstić information content (AvgIpc) is 2.74. The summed E-state index contributed by atoms with van der Waals surface area (Å²) in [6.07, 6.45) is 4.32. The molecule has 0 aliphatic heterocycles. The van der Waals surface area contributed by atoms with Crippen molar-refractivity contribution in [3.63, 3.8) is 0 Å². The molecule has 1 heterocycles. The molecule has 2 N–H and O–H groups in total. The summed E-state index contributed by atoms with van der Waals surface area (Å²) in [5.74, 6) is 0. The molecule has 0 bridgehead atoms. The van der Waals surface area contributed by atoms with Crippen molar-refractivity contribution in [3.8, 4) is 0 Å². The Morgan fingerprint density at radius 1 is 1.31 bits per heavy atom. The minimum atomic E-state index is 0.165. The van der Waals surface area contributed by atoms with E-state index in [1.807, 2.05) is 29.1 Å². The number of rotatable bonds is 4. The molecule has 0 saturated heterocycles. The van der Waals surface area contributed by atoms with Gasteiger partial charge in [0.15, 0.2) is 0 Å². The molecule has 0 fully saturated rings. The van der Waals surface area contributed by atoms with Crippen LogP contribution in [0.15, 0.2) is 42.7 Å². The molecule has 1 unspecified atom stereocenters. The monoisotopic (exact) mass is 235 g/mol. The second-order valence-electron chi connectivity index (χ2n) is 3.64. The standard InChI is InChI=1S/C12H14ClN3/c13-11-8-15-16(9-11)12(6-7-14)10-4-2-1-3-5-10/h1-5,8-9,12H,6-7,14H2. The van der Waals surface area contributed by atoms with Crippen molar-refractivity contribution >= 4 is 11.6 Å². The third-order valence-corrected chi connectivity index (χ3v) is 2.71. The Balaban J connectivity index is 2.31. The third kappa shape index (κ3) is 2.43. The molecular formula is C12H14ClN3. The number of hydrogen-bond donors (Lipinski definition) is 1. The molecule has 4 heteroatoms. The zero-order valence-corrected chi connectivity index (χ0v) is 9.64. The fourth-order valence-corrected chi connectivity index (χ4v) is 1.91. The van der Waals surface area contributed by atoms with Crippen molar-refractivity contribution in [2.75, 3.05) is 6.54 Å². The lowest BCUT2D eigenvalue weighted by Gasteiger charge is -2.16. The van der Waals surface area contributed by atoms with Crippen LogP contribution >= 0.6 is 11.6 Å². The summed E-state index contributed by atoms with van der Waals surface area (Å²) >= 11 is 5.88. The molecular weight excluding hydrogens is 222 g/mol. The molecule has 84 valence electrons. The minimum Gasteiger partial charge on any atom is -0.330 e. The van der Waals surface area contributed by atoms with Crippen LogP contribution in [0.5, 0.6) is 0 Å². The Hall–Kier alpha value is -1.32. The lowest BCUT2D eigenvalue weighted by atomic mass is 10.0. The molecule has 1 aromatic heterocycles. The molecule has 0 saturated carbocycles. The van der Waals surface area contributed by atoms with E-state index in [1.54, 1.807) is 6.20 Å². The van der Waals surface area contributed by atoms with Gasteiger partial charge in [0.2, 0.25) is 0 Å². The lowest BCUT2D eigenvalue weighted by molar-refractivity contribution is 0.495. The van der Waals surface area contributed by atoms with Crippen LogP contribution in [0.1, 0.15) is 18.0 Å². The van der Waals surface area contributed by atoms with Crippen LogP contribution in [0.25, 0.3) is 0 Å². The first-order valence-corrected chi connectivity index (χ1v) is 5.63. The van der Waals surface area contributed by atoms with Gasteiger partial charge < -0.3 is 5.73 Å². The van der Waals surface area contributed by atoms with E-state index < -0.39 is 0 Å². The van der Waals surface area contributed by atoms with Crippen molar-refractivity contribution < 1.29 is 0 Å². The van der Waals surface area contributed by atoms with Gasteiger partial charge in [-0.2, -0.15) is 5.10 Å². The van der Waals surface area contributed by atoms with E-state index in [1.165, 1.54) is 5.56 Å². The van der Waals surface area contributed by atoms with E-state index in [2.05, 4.69) is 17.2 Å². The van der Waals surface area contributed by atoms with Gasteiger partial charge in [0, 0.05) is 6.20 Å². The van der Waals surface area contributed by atoms with E-state index in [9.17, 15) is 0 Å². The summed E-state index contributed by atoms with van der Waals surface area (Å²) in [4.78, 5) is 0. The predicted molar refractivity (Wildman–Crippen MR) is 65.5 cm³/mol. The highest BCUT2D eigenvalue weighted by molar-refractivity contribution is 6.30. The summed E-state index contributed by atoms with van der Waals surface area (Å²) < 4.78 is 1.87. The minimum absolute atomic E-state index is 0.165. The summed E-state index contributed by atoms with van der Waals surface area (Å²) in [7, 11) is 0. The van der Waals surface area contributed by atoms with Gasteiger partial charge in [-0.25, -0.2) is 0 Å². The number of nitrogens with two attached hydrogens (primary N) is 1. The number of aromatic nitrogens is 2. The fraction of sp³-hybridized carbons (Fsp3) is 0.250. The van der Waals surface area contributed by atoms with Crippen LogP contribution in [0.2, 0.25) is 5.02 Å².